The average Bonchev–Trinajstić information content (AvgIpc) is 2.78. The number of amides is 1. The first kappa shape index (κ1) is 21.7. The predicted molar refractivity (Wildman–Crippen MR) is 119 cm³/mol. The maximum absolute atomic E-state index is 13.0. The highest BCUT2D eigenvalue weighted by molar-refractivity contribution is 7.89. The molecule has 6 heteroatoms. The molecule has 3 rings (SSSR count). The molecule has 3 aromatic carbocycles. The maximum atomic E-state index is 13.0. The number of carbonyl (C=O) groups is 1. The Kier molecular flexibility index (Phi) is 6.70. The second kappa shape index (κ2) is 9.24. The summed E-state index contributed by atoms with van der Waals surface area (Å²) in [4.78, 5) is 14.8. The molecule has 0 radical (unpaired) electrons. The van der Waals surface area contributed by atoms with Gasteiger partial charge in [-0.2, -0.15) is 0 Å². The van der Waals surface area contributed by atoms with Crippen molar-refractivity contribution in [1.82, 2.24) is 9.62 Å². The SMILES string of the molecule is Cc1ccc(C(=O)N(C)C(C)c2ccccc2)cc1S(=O)(=O)NCc1ccccc1. The van der Waals surface area contributed by atoms with Crippen LogP contribution in [0, 0.1) is 6.92 Å². The van der Waals surface area contributed by atoms with E-state index >= 15 is 0 Å². The summed E-state index contributed by atoms with van der Waals surface area (Å²) in [6.07, 6.45) is 0. The van der Waals surface area contributed by atoms with Gasteiger partial charge in [0.25, 0.3) is 5.91 Å². The third kappa shape index (κ3) is 4.96. The molecule has 0 bridgehead atoms. The topological polar surface area (TPSA) is 66.5 Å². The molecule has 0 heterocycles. The van der Waals surface area contributed by atoms with E-state index in [-0.39, 0.29) is 23.4 Å². The molecule has 0 aliphatic rings. The van der Waals surface area contributed by atoms with Crippen LogP contribution >= 0.6 is 0 Å². The van der Waals surface area contributed by atoms with Gasteiger partial charge in [0.05, 0.1) is 10.9 Å². The smallest absolute Gasteiger partial charge is 0.254 e. The fourth-order valence-corrected chi connectivity index (χ4v) is 4.50. The lowest BCUT2D eigenvalue weighted by molar-refractivity contribution is 0.0742. The van der Waals surface area contributed by atoms with Crippen molar-refractivity contribution in [3.63, 3.8) is 0 Å². The number of aryl methyl sites for hydroxylation is 1. The molecule has 1 unspecified atom stereocenters. The van der Waals surface area contributed by atoms with E-state index in [0.29, 0.717) is 11.1 Å². The number of rotatable bonds is 7. The Morgan fingerprint density at radius 1 is 0.967 bits per heavy atom. The van der Waals surface area contributed by atoms with Crippen LogP contribution in [0.25, 0.3) is 0 Å². The highest BCUT2D eigenvalue weighted by Gasteiger charge is 2.23. The third-order valence-corrected chi connectivity index (χ3v) is 6.76. The molecule has 1 N–H and O–H groups in total. The molecule has 5 nitrogen and oxygen atoms in total. The van der Waals surface area contributed by atoms with Crippen molar-refractivity contribution >= 4 is 15.9 Å². The van der Waals surface area contributed by atoms with Crippen LogP contribution in [-0.2, 0) is 16.6 Å². The molecular formula is C24H26N2O3S. The van der Waals surface area contributed by atoms with Crippen LogP contribution in [0.5, 0.6) is 0 Å². The molecule has 0 fully saturated rings. The summed E-state index contributed by atoms with van der Waals surface area (Å²) in [5, 5.41) is 0. The number of carbonyl (C=O) groups excluding carboxylic acids is 1. The van der Waals surface area contributed by atoms with Gasteiger partial charge in [0.2, 0.25) is 10.0 Å². The van der Waals surface area contributed by atoms with Gasteiger partial charge in [-0.05, 0) is 42.7 Å². The first-order valence-corrected chi connectivity index (χ1v) is 11.2. The van der Waals surface area contributed by atoms with E-state index in [2.05, 4.69) is 4.72 Å². The zero-order valence-corrected chi connectivity index (χ0v) is 18.2. The Bertz CT molecular complexity index is 1110. The van der Waals surface area contributed by atoms with E-state index in [4.69, 9.17) is 0 Å². The van der Waals surface area contributed by atoms with Gasteiger partial charge in [-0.1, -0.05) is 66.7 Å². The lowest BCUT2D eigenvalue weighted by atomic mass is 10.1. The second-order valence-electron chi connectivity index (χ2n) is 7.29. The number of benzene rings is 3. The summed E-state index contributed by atoms with van der Waals surface area (Å²) in [6, 6.07) is 23.7. The molecule has 3 aromatic rings. The second-order valence-corrected chi connectivity index (χ2v) is 9.03. The predicted octanol–water partition coefficient (Wildman–Crippen LogP) is 4.31. The summed E-state index contributed by atoms with van der Waals surface area (Å²) in [7, 11) is -2.04. The molecule has 0 aromatic heterocycles. The van der Waals surface area contributed by atoms with Gasteiger partial charge in [0.15, 0.2) is 0 Å². The largest absolute Gasteiger partial charge is 0.335 e. The summed E-state index contributed by atoms with van der Waals surface area (Å²) in [6.45, 7) is 3.86. The van der Waals surface area contributed by atoms with Crippen molar-refractivity contribution in [2.75, 3.05) is 7.05 Å². The van der Waals surface area contributed by atoms with Crippen molar-refractivity contribution in [3.05, 3.63) is 101 Å². The first-order chi connectivity index (χ1) is 14.3. The molecule has 0 saturated carbocycles. The molecule has 156 valence electrons. The number of nitrogens with one attached hydrogen (secondary N) is 1. The number of hydrogen-bond donors (Lipinski definition) is 1. The van der Waals surface area contributed by atoms with E-state index in [9.17, 15) is 13.2 Å². The Hall–Kier alpha value is -2.96. The van der Waals surface area contributed by atoms with E-state index in [0.717, 1.165) is 11.1 Å². The fraction of sp³-hybridized carbons (Fsp3) is 0.208. The molecule has 0 aliphatic heterocycles. The van der Waals surface area contributed by atoms with Crippen molar-refractivity contribution < 1.29 is 13.2 Å². The van der Waals surface area contributed by atoms with Crippen LogP contribution < -0.4 is 4.72 Å². The quantitative estimate of drug-likeness (QED) is 0.617. The molecule has 0 saturated heterocycles. The van der Waals surface area contributed by atoms with Crippen LogP contribution in [-0.4, -0.2) is 26.3 Å². The first-order valence-electron chi connectivity index (χ1n) is 9.76. The van der Waals surface area contributed by atoms with Crippen LogP contribution in [0.4, 0.5) is 0 Å². The van der Waals surface area contributed by atoms with Gasteiger partial charge in [0.1, 0.15) is 0 Å². The lowest BCUT2D eigenvalue weighted by Crippen LogP contribution is -2.30. The van der Waals surface area contributed by atoms with Gasteiger partial charge in [0, 0.05) is 19.2 Å². The molecule has 0 spiro atoms. The minimum absolute atomic E-state index is 0.116. The molecular weight excluding hydrogens is 396 g/mol. The average molecular weight is 423 g/mol. The minimum Gasteiger partial charge on any atom is -0.335 e. The highest BCUT2D eigenvalue weighted by Crippen LogP contribution is 2.23. The van der Waals surface area contributed by atoms with Crippen molar-refractivity contribution in [3.8, 4) is 0 Å². The fourth-order valence-electron chi connectivity index (χ4n) is 3.21. The normalized spacial score (nSPS) is 12.4. The molecule has 1 atom stereocenters. The van der Waals surface area contributed by atoms with Gasteiger partial charge in [-0.25, -0.2) is 13.1 Å². The zero-order valence-electron chi connectivity index (χ0n) is 17.4. The molecule has 0 aliphatic carbocycles. The summed E-state index contributed by atoms with van der Waals surface area (Å²) >= 11 is 0. The van der Waals surface area contributed by atoms with Gasteiger partial charge >= 0.3 is 0 Å². The highest BCUT2D eigenvalue weighted by atomic mass is 32.2. The Morgan fingerprint density at radius 3 is 2.20 bits per heavy atom. The molecule has 1 amide bonds. The Morgan fingerprint density at radius 2 is 1.57 bits per heavy atom. The zero-order chi connectivity index (χ0) is 21.7. The minimum atomic E-state index is -3.76. The standard InChI is InChI=1S/C24H26N2O3S/c1-18-14-15-22(24(27)26(3)19(2)21-12-8-5-9-13-21)16-23(18)30(28,29)25-17-20-10-6-4-7-11-20/h4-16,19,25H,17H2,1-3H3. The maximum Gasteiger partial charge on any atom is 0.254 e. The number of nitrogens with zero attached hydrogens (tertiary/aromatic N) is 1. The van der Waals surface area contributed by atoms with Crippen LogP contribution in [0.1, 0.15) is 40.0 Å². The number of sulfonamides is 1. The lowest BCUT2D eigenvalue weighted by Gasteiger charge is -2.25. The van der Waals surface area contributed by atoms with Gasteiger partial charge in [-0.15, -0.1) is 0 Å². The number of hydrogen-bond acceptors (Lipinski definition) is 3. The monoisotopic (exact) mass is 422 g/mol. The van der Waals surface area contributed by atoms with Crippen LogP contribution in [0.2, 0.25) is 0 Å². The summed E-state index contributed by atoms with van der Waals surface area (Å²) in [5.74, 6) is -0.231. The summed E-state index contributed by atoms with van der Waals surface area (Å²) < 4.78 is 28.4. The summed E-state index contributed by atoms with van der Waals surface area (Å²) in [5.41, 5.74) is 2.80. The van der Waals surface area contributed by atoms with E-state index in [1.807, 2.05) is 67.6 Å². The van der Waals surface area contributed by atoms with Crippen molar-refractivity contribution in [2.24, 2.45) is 0 Å². The van der Waals surface area contributed by atoms with Gasteiger partial charge < -0.3 is 4.90 Å². The van der Waals surface area contributed by atoms with Crippen molar-refractivity contribution in [2.45, 2.75) is 31.3 Å². The van der Waals surface area contributed by atoms with E-state index < -0.39 is 10.0 Å². The van der Waals surface area contributed by atoms with E-state index in [1.165, 1.54) is 6.07 Å². The van der Waals surface area contributed by atoms with Crippen LogP contribution in [0.3, 0.4) is 0 Å². The Labute approximate surface area is 178 Å². The van der Waals surface area contributed by atoms with Crippen LogP contribution in [0.15, 0.2) is 83.8 Å². The Balaban J connectivity index is 1.82. The van der Waals surface area contributed by atoms with Gasteiger partial charge in [-0.3, -0.25) is 4.79 Å². The third-order valence-electron chi connectivity index (χ3n) is 5.22. The molecule has 30 heavy (non-hydrogen) atoms. The van der Waals surface area contributed by atoms with Crippen molar-refractivity contribution in [1.29, 1.82) is 0 Å². The van der Waals surface area contributed by atoms with E-state index in [1.54, 1.807) is 31.0 Å².